The lowest BCUT2D eigenvalue weighted by Gasteiger charge is -2.32. The molecule has 0 bridgehead atoms. The van der Waals surface area contributed by atoms with Crippen LogP contribution in [-0.4, -0.2) is 28.3 Å². The third-order valence-corrected chi connectivity index (χ3v) is 3.70. The molecule has 0 aromatic carbocycles. The molecular formula is C13H21BN2O2. The smallest absolute Gasteiger partial charge is 0.398 e. The van der Waals surface area contributed by atoms with E-state index in [0.29, 0.717) is 0 Å². The van der Waals surface area contributed by atoms with Crippen molar-refractivity contribution < 1.29 is 9.31 Å². The standard InChI is InChI=1S/C13H21BN2O2/c1-6-7-11-15-9-8-10(16-11)14-17-12(2,3)13(4,5)18-14/h8-9H,6-7H2,1-5H3. The molecule has 1 aromatic rings. The van der Waals surface area contributed by atoms with Crippen molar-refractivity contribution in [2.75, 3.05) is 0 Å². The van der Waals surface area contributed by atoms with Gasteiger partial charge in [0.25, 0.3) is 0 Å². The molecule has 1 saturated heterocycles. The van der Waals surface area contributed by atoms with Crippen LogP contribution in [0.5, 0.6) is 0 Å². The van der Waals surface area contributed by atoms with Gasteiger partial charge >= 0.3 is 7.12 Å². The summed E-state index contributed by atoms with van der Waals surface area (Å²) in [4.78, 5) is 8.77. The van der Waals surface area contributed by atoms with Gasteiger partial charge in [-0.15, -0.1) is 0 Å². The fourth-order valence-corrected chi connectivity index (χ4v) is 1.85. The molecule has 2 heterocycles. The molecule has 0 spiro atoms. The summed E-state index contributed by atoms with van der Waals surface area (Å²) in [5.74, 6) is 0.852. The Morgan fingerprint density at radius 2 is 1.78 bits per heavy atom. The number of aryl methyl sites for hydroxylation is 1. The molecule has 4 nitrogen and oxygen atoms in total. The SMILES string of the molecule is CCCc1nccc(B2OC(C)(C)C(C)(C)O2)n1. The van der Waals surface area contributed by atoms with Crippen LogP contribution in [0.2, 0.25) is 0 Å². The van der Waals surface area contributed by atoms with Gasteiger partial charge in [-0.25, -0.2) is 9.97 Å². The Kier molecular flexibility index (Phi) is 3.47. The summed E-state index contributed by atoms with van der Waals surface area (Å²) in [6.07, 6.45) is 3.69. The summed E-state index contributed by atoms with van der Waals surface area (Å²) in [5, 5.41) is 0. The van der Waals surface area contributed by atoms with E-state index in [2.05, 4.69) is 16.9 Å². The number of hydrogen-bond acceptors (Lipinski definition) is 4. The lowest BCUT2D eigenvalue weighted by atomic mass is 9.84. The molecule has 98 valence electrons. The summed E-state index contributed by atoms with van der Waals surface area (Å²) in [7, 11) is -0.395. The maximum absolute atomic E-state index is 5.97. The zero-order chi connectivity index (χ0) is 13.4. The van der Waals surface area contributed by atoms with E-state index < -0.39 is 7.12 Å². The third-order valence-electron chi connectivity index (χ3n) is 3.70. The van der Waals surface area contributed by atoms with Gasteiger partial charge in [-0.2, -0.15) is 0 Å². The maximum atomic E-state index is 5.97. The molecule has 5 heteroatoms. The molecule has 1 aromatic heterocycles. The van der Waals surface area contributed by atoms with E-state index in [1.807, 2.05) is 33.8 Å². The van der Waals surface area contributed by atoms with Gasteiger partial charge < -0.3 is 9.31 Å². The average Bonchev–Trinajstić information content (AvgIpc) is 2.49. The predicted molar refractivity (Wildman–Crippen MR) is 71.7 cm³/mol. The molecule has 0 unspecified atom stereocenters. The summed E-state index contributed by atoms with van der Waals surface area (Å²) in [6, 6.07) is 1.86. The second-order valence-electron chi connectivity index (χ2n) is 5.74. The van der Waals surface area contributed by atoms with Crippen molar-refractivity contribution in [3.63, 3.8) is 0 Å². The van der Waals surface area contributed by atoms with Crippen LogP contribution >= 0.6 is 0 Å². The van der Waals surface area contributed by atoms with Gasteiger partial charge in [0.1, 0.15) is 5.82 Å². The summed E-state index contributed by atoms with van der Waals surface area (Å²) >= 11 is 0. The van der Waals surface area contributed by atoms with E-state index in [9.17, 15) is 0 Å². The van der Waals surface area contributed by atoms with Gasteiger partial charge in [-0.1, -0.05) is 6.92 Å². The van der Waals surface area contributed by atoms with E-state index in [0.717, 1.165) is 24.3 Å². The molecule has 2 rings (SSSR count). The van der Waals surface area contributed by atoms with Crippen LogP contribution < -0.4 is 5.59 Å². The Balaban J connectivity index is 2.21. The van der Waals surface area contributed by atoms with Crippen molar-refractivity contribution >= 4 is 12.7 Å². The zero-order valence-corrected chi connectivity index (χ0v) is 11.9. The Labute approximate surface area is 109 Å². The first-order chi connectivity index (χ1) is 8.36. The summed E-state index contributed by atoms with van der Waals surface area (Å²) < 4.78 is 11.9. The van der Waals surface area contributed by atoms with Crippen molar-refractivity contribution in [2.45, 2.75) is 58.7 Å². The molecule has 0 aliphatic carbocycles. The molecule has 0 atom stereocenters. The van der Waals surface area contributed by atoms with Crippen LogP contribution in [0.4, 0.5) is 0 Å². The first kappa shape index (κ1) is 13.5. The number of hydrogen-bond donors (Lipinski definition) is 0. The van der Waals surface area contributed by atoms with E-state index in [1.54, 1.807) is 6.20 Å². The van der Waals surface area contributed by atoms with Crippen molar-refractivity contribution in [1.82, 2.24) is 9.97 Å². The molecule has 18 heavy (non-hydrogen) atoms. The van der Waals surface area contributed by atoms with Crippen LogP contribution in [0.1, 0.15) is 46.9 Å². The van der Waals surface area contributed by atoms with E-state index in [4.69, 9.17) is 9.31 Å². The highest BCUT2D eigenvalue weighted by molar-refractivity contribution is 6.61. The van der Waals surface area contributed by atoms with Crippen molar-refractivity contribution in [3.8, 4) is 0 Å². The highest BCUT2D eigenvalue weighted by atomic mass is 16.7. The summed E-state index contributed by atoms with van der Waals surface area (Å²) in [6.45, 7) is 10.3. The van der Waals surface area contributed by atoms with Gasteiger partial charge in [0.15, 0.2) is 0 Å². The highest BCUT2D eigenvalue weighted by Gasteiger charge is 2.52. The van der Waals surface area contributed by atoms with Crippen LogP contribution in [0.3, 0.4) is 0 Å². The minimum absolute atomic E-state index is 0.326. The maximum Gasteiger partial charge on any atom is 0.514 e. The molecule has 1 aliphatic heterocycles. The third kappa shape index (κ3) is 2.42. The molecule has 0 saturated carbocycles. The van der Waals surface area contributed by atoms with Gasteiger partial charge in [0.2, 0.25) is 0 Å². The van der Waals surface area contributed by atoms with Crippen LogP contribution in [0.25, 0.3) is 0 Å². The summed E-state index contributed by atoms with van der Waals surface area (Å²) in [5.41, 5.74) is 0.160. The van der Waals surface area contributed by atoms with Crippen molar-refractivity contribution in [2.24, 2.45) is 0 Å². The van der Waals surface area contributed by atoms with Crippen LogP contribution in [-0.2, 0) is 15.7 Å². The first-order valence-corrected chi connectivity index (χ1v) is 6.53. The lowest BCUT2D eigenvalue weighted by Crippen LogP contribution is -2.41. The van der Waals surface area contributed by atoms with Gasteiger partial charge in [-0.3, -0.25) is 0 Å². The molecule has 0 radical (unpaired) electrons. The average molecular weight is 248 g/mol. The number of nitrogens with zero attached hydrogens (tertiary/aromatic N) is 2. The molecular weight excluding hydrogens is 227 g/mol. The Morgan fingerprint density at radius 3 is 2.33 bits per heavy atom. The van der Waals surface area contributed by atoms with E-state index >= 15 is 0 Å². The van der Waals surface area contributed by atoms with Crippen LogP contribution in [0, 0.1) is 0 Å². The quantitative estimate of drug-likeness (QED) is 0.764. The normalized spacial score (nSPS) is 21.3. The van der Waals surface area contributed by atoms with Crippen molar-refractivity contribution in [1.29, 1.82) is 0 Å². The Bertz CT molecular complexity index is 419. The lowest BCUT2D eigenvalue weighted by molar-refractivity contribution is 0.00578. The van der Waals surface area contributed by atoms with Gasteiger partial charge in [0.05, 0.1) is 16.8 Å². The van der Waals surface area contributed by atoms with Crippen LogP contribution in [0.15, 0.2) is 12.3 Å². The van der Waals surface area contributed by atoms with Gasteiger partial charge in [0, 0.05) is 12.6 Å². The number of aromatic nitrogens is 2. The van der Waals surface area contributed by atoms with E-state index in [1.165, 1.54) is 0 Å². The second kappa shape index (κ2) is 4.63. The predicted octanol–water partition coefficient (Wildman–Crippen LogP) is 1.73. The molecule has 1 fully saturated rings. The van der Waals surface area contributed by atoms with E-state index in [-0.39, 0.29) is 11.2 Å². The molecule has 0 amide bonds. The Hall–Kier alpha value is -0.935. The topological polar surface area (TPSA) is 44.2 Å². The van der Waals surface area contributed by atoms with Gasteiger partial charge in [-0.05, 0) is 40.2 Å². The second-order valence-corrected chi connectivity index (χ2v) is 5.74. The molecule has 0 N–H and O–H groups in total. The number of rotatable bonds is 3. The van der Waals surface area contributed by atoms with Crippen molar-refractivity contribution in [3.05, 3.63) is 18.1 Å². The fraction of sp³-hybridized carbons (Fsp3) is 0.692. The Morgan fingerprint density at radius 1 is 1.17 bits per heavy atom. The minimum Gasteiger partial charge on any atom is -0.398 e. The molecule has 1 aliphatic rings. The zero-order valence-electron chi connectivity index (χ0n) is 11.9. The minimum atomic E-state index is -0.395. The fourth-order valence-electron chi connectivity index (χ4n) is 1.85. The largest absolute Gasteiger partial charge is 0.514 e. The first-order valence-electron chi connectivity index (χ1n) is 6.53. The highest BCUT2D eigenvalue weighted by Crippen LogP contribution is 2.36. The monoisotopic (exact) mass is 248 g/mol.